The standard InChI is InChI=1S/C10H16N2O5S/c1-7(13)3-4-11-18(16,17)8-5-9(10(14)15)12(2)6-8/h5-7,11,13H,3-4H2,1-2H3,(H,14,15). The largest absolute Gasteiger partial charge is 0.477 e. The molecule has 1 atom stereocenters. The lowest BCUT2D eigenvalue weighted by molar-refractivity contribution is 0.0686. The first-order valence-corrected chi connectivity index (χ1v) is 6.79. The highest BCUT2D eigenvalue weighted by atomic mass is 32.2. The Kier molecular flexibility index (Phi) is 4.49. The van der Waals surface area contributed by atoms with E-state index in [1.54, 1.807) is 6.92 Å². The maximum Gasteiger partial charge on any atom is 0.352 e. The summed E-state index contributed by atoms with van der Waals surface area (Å²) < 4.78 is 27.1. The molecular formula is C10H16N2O5S. The number of aliphatic hydroxyl groups excluding tert-OH is 1. The van der Waals surface area contributed by atoms with Gasteiger partial charge in [0.2, 0.25) is 10.0 Å². The topological polar surface area (TPSA) is 109 Å². The summed E-state index contributed by atoms with van der Waals surface area (Å²) in [6.45, 7) is 1.65. The zero-order valence-corrected chi connectivity index (χ0v) is 10.9. The molecule has 1 unspecified atom stereocenters. The molecule has 8 heteroatoms. The molecular weight excluding hydrogens is 260 g/mol. The van der Waals surface area contributed by atoms with Crippen molar-refractivity contribution < 1.29 is 23.4 Å². The average Bonchev–Trinajstić information content (AvgIpc) is 2.60. The number of aromatic carboxylic acids is 1. The van der Waals surface area contributed by atoms with Gasteiger partial charge in [0, 0.05) is 19.8 Å². The van der Waals surface area contributed by atoms with E-state index in [0.717, 1.165) is 6.07 Å². The molecule has 0 spiro atoms. The molecule has 1 rings (SSSR count). The normalized spacial score (nSPS) is 13.5. The summed E-state index contributed by atoms with van der Waals surface area (Å²) in [7, 11) is -2.28. The van der Waals surface area contributed by atoms with Crippen LogP contribution in [0.4, 0.5) is 0 Å². The van der Waals surface area contributed by atoms with Crippen LogP contribution >= 0.6 is 0 Å². The summed E-state index contributed by atoms with van der Waals surface area (Å²) in [5.74, 6) is -1.19. The quantitative estimate of drug-likeness (QED) is 0.665. The monoisotopic (exact) mass is 276 g/mol. The van der Waals surface area contributed by atoms with E-state index in [-0.39, 0.29) is 23.6 Å². The van der Waals surface area contributed by atoms with E-state index < -0.39 is 22.1 Å². The van der Waals surface area contributed by atoms with E-state index in [0.29, 0.717) is 0 Å². The number of rotatable bonds is 6. The molecule has 0 saturated carbocycles. The number of sulfonamides is 1. The van der Waals surface area contributed by atoms with Crippen LogP contribution in [0.1, 0.15) is 23.8 Å². The van der Waals surface area contributed by atoms with Crippen LogP contribution in [-0.4, -0.2) is 41.8 Å². The molecule has 0 fully saturated rings. The summed E-state index contributed by atoms with van der Waals surface area (Å²) in [6.07, 6.45) is 0.921. The summed E-state index contributed by atoms with van der Waals surface area (Å²) in [5.41, 5.74) is -0.106. The van der Waals surface area contributed by atoms with E-state index in [1.165, 1.54) is 17.8 Å². The van der Waals surface area contributed by atoms with E-state index >= 15 is 0 Å². The second-order valence-electron chi connectivity index (χ2n) is 4.01. The molecule has 1 aromatic heterocycles. The Balaban J connectivity index is 2.85. The van der Waals surface area contributed by atoms with E-state index in [4.69, 9.17) is 10.2 Å². The number of nitrogens with one attached hydrogen (secondary N) is 1. The third-order valence-corrected chi connectivity index (χ3v) is 3.79. The van der Waals surface area contributed by atoms with Crippen molar-refractivity contribution in [2.24, 2.45) is 7.05 Å². The van der Waals surface area contributed by atoms with Gasteiger partial charge in [0.15, 0.2) is 0 Å². The molecule has 0 aliphatic carbocycles. The van der Waals surface area contributed by atoms with Gasteiger partial charge in [-0.1, -0.05) is 0 Å². The van der Waals surface area contributed by atoms with Crippen LogP contribution in [0.3, 0.4) is 0 Å². The number of carboxylic acids is 1. The Morgan fingerprint density at radius 1 is 1.56 bits per heavy atom. The van der Waals surface area contributed by atoms with Crippen molar-refractivity contribution in [3.8, 4) is 0 Å². The Hall–Kier alpha value is -1.38. The number of aliphatic hydroxyl groups is 1. The van der Waals surface area contributed by atoms with Crippen molar-refractivity contribution in [1.82, 2.24) is 9.29 Å². The van der Waals surface area contributed by atoms with E-state index in [2.05, 4.69) is 4.72 Å². The summed E-state index contributed by atoms with van der Waals surface area (Å²) >= 11 is 0. The molecule has 7 nitrogen and oxygen atoms in total. The Bertz CT molecular complexity index is 532. The van der Waals surface area contributed by atoms with Gasteiger partial charge in [0.05, 0.1) is 6.10 Å². The summed E-state index contributed by atoms with van der Waals surface area (Å²) in [4.78, 5) is 10.7. The fourth-order valence-corrected chi connectivity index (χ4v) is 2.50. The number of hydrogen-bond acceptors (Lipinski definition) is 4. The van der Waals surface area contributed by atoms with Crippen LogP contribution in [0, 0.1) is 0 Å². The molecule has 3 N–H and O–H groups in total. The van der Waals surface area contributed by atoms with Crippen LogP contribution in [0.2, 0.25) is 0 Å². The van der Waals surface area contributed by atoms with Crippen molar-refractivity contribution in [1.29, 1.82) is 0 Å². The lowest BCUT2D eigenvalue weighted by Gasteiger charge is -2.06. The predicted molar refractivity (Wildman–Crippen MR) is 63.9 cm³/mol. The van der Waals surface area contributed by atoms with Crippen molar-refractivity contribution in [2.45, 2.75) is 24.3 Å². The van der Waals surface area contributed by atoms with Gasteiger partial charge in [-0.2, -0.15) is 0 Å². The van der Waals surface area contributed by atoms with Crippen LogP contribution < -0.4 is 4.72 Å². The first kappa shape index (κ1) is 14.7. The fraction of sp³-hybridized carbons (Fsp3) is 0.500. The fourth-order valence-electron chi connectivity index (χ4n) is 1.38. The van der Waals surface area contributed by atoms with Gasteiger partial charge in [-0.15, -0.1) is 0 Å². The van der Waals surface area contributed by atoms with Crippen LogP contribution in [0.5, 0.6) is 0 Å². The van der Waals surface area contributed by atoms with Gasteiger partial charge in [-0.25, -0.2) is 17.9 Å². The third-order valence-electron chi connectivity index (χ3n) is 2.36. The number of carboxylic acid groups (broad SMARTS) is 1. The minimum atomic E-state index is -3.74. The molecule has 0 aliphatic heterocycles. The van der Waals surface area contributed by atoms with Gasteiger partial charge in [-0.05, 0) is 19.4 Å². The van der Waals surface area contributed by atoms with Crippen molar-refractivity contribution in [3.63, 3.8) is 0 Å². The molecule has 1 aromatic rings. The molecule has 0 amide bonds. The van der Waals surface area contributed by atoms with Gasteiger partial charge in [0.25, 0.3) is 0 Å². The highest BCUT2D eigenvalue weighted by Gasteiger charge is 2.19. The summed E-state index contributed by atoms with van der Waals surface area (Å²) in [6, 6.07) is 1.09. The van der Waals surface area contributed by atoms with Gasteiger partial charge in [0.1, 0.15) is 10.6 Å². The van der Waals surface area contributed by atoms with E-state index in [9.17, 15) is 13.2 Å². The van der Waals surface area contributed by atoms with Gasteiger partial charge >= 0.3 is 5.97 Å². The highest BCUT2D eigenvalue weighted by Crippen LogP contribution is 2.13. The van der Waals surface area contributed by atoms with Gasteiger partial charge < -0.3 is 14.8 Å². The Morgan fingerprint density at radius 3 is 2.61 bits per heavy atom. The number of aryl methyl sites for hydroxylation is 1. The Morgan fingerprint density at radius 2 is 2.17 bits per heavy atom. The molecule has 0 radical (unpaired) electrons. The maximum absolute atomic E-state index is 11.8. The predicted octanol–water partition coefficient (Wildman–Crippen LogP) is -0.227. The molecule has 18 heavy (non-hydrogen) atoms. The number of carbonyl (C=O) groups is 1. The minimum absolute atomic E-state index is 0.0945. The number of nitrogens with zero attached hydrogens (tertiary/aromatic N) is 1. The van der Waals surface area contributed by atoms with Gasteiger partial charge in [-0.3, -0.25) is 0 Å². The molecule has 1 heterocycles. The molecule has 102 valence electrons. The Labute approximate surface area is 105 Å². The molecule has 0 bridgehead atoms. The lowest BCUT2D eigenvalue weighted by atomic mass is 10.3. The van der Waals surface area contributed by atoms with Crippen LogP contribution in [0.15, 0.2) is 17.2 Å². The van der Waals surface area contributed by atoms with E-state index in [1.807, 2.05) is 0 Å². The molecule has 0 aliphatic rings. The molecule has 0 saturated heterocycles. The third kappa shape index (κ3) is 3.56. The SMILES string of the molecule is CC(O)CCNS(=O)(=O)c1cc(C(=O)O)n(C)c1. The zero-order valence-electron chi connectivity index (χ0n) is 10.1. The van der Waals surface area contributed by atoms with Crippen molar-refractivity contribution >= 4 is 16.0 Å². The smallest absolute Gasteiger partial charge is 0.352 e. The van der Waals surface area contributed by atoms with Crippen LogP contribution in [-0.2, 0) is 17.1 Å². The molecule has 0 aromatic carbocycles. The van der Waals surface area contributed by atoms with Crippen LogP contribution in [0.25, 0.3) is 0 Å². The second-order valence-corrected chi connectivity index (χ2v) is 5.78. The van der Waals surface area contributed by atoms with Crippen molar-refractivity contribution in [2.75, 3.05) is 6.54 Å². The van der Waals surface area contributed by atoms with Crippen molar-refractivity contribution in [3.05, 3.63) is 18.0 Å². The lowest BCUT2D eigenvalue weighted by Crippen LogP contribution is -2.26. The highest BCUT2D eigenvalue weighted by molar-refractivity contribution is 7.89. The minimum Gasteiger partial charge on any atom is -0.477 e. The second kappa shape index (κ2) is 5.51. The first-order valence-electron chi connectivity index (χ1n) is 5.31. The number of aromatic nitrogens is 1. The number of hydrogen-bond donors (Lipinski definition) is 3. The first-order chi connectivity index (χ1) is 8.24. The summed E-state index contributed by atoms with van der Waals surface area (Å²) in [5, 5.41) is 17.8. The maximum atomic E-state index is 11.8. The average molecular weight is 276 g/mol. The zero-order chi connectivity index (χ0) is 13.9.